The molecule has 0 bridgehead atoms. The first-order valence-corrected chi connectivity index (χ1v) is 34.6. The van der Waals surface area contributed by atoms with Crippen molar-refractivity contribution in [2.45, 2.75) is 270 Å². The smallest absolute Gasteiger partial charge is 0.306 e. The first kappa shape index (κ1) is 81.9. The molecule has 0 aliphatic rings. The van der Waals surface area contributed by atoms with Gasteiger partial charge in [-0.1, -0.05) is 287 Å². The molecule has 0 saturated carbocycles. The number of esters is 2. The van der Waals surface area contributed by atoms with E-state index in [0.29, 0.717) is 23.9 Å². The van der Waals surface area contributed by atoms with Crippen molar-refractivity contribution in [2.24, 2.45) is 0 Å². The summed E-state index contributed by atoms with van der Waals surface area (Å²) < 4.78 is 22.7. The summed E-state index contributed by atoms with van der Waals surface area (Å²) in [6.45, 7) is 4.45. The van der Waals surface area contributed by atoms with Crippen LogP contribution < -0.4 is 5.11 Å². The fraction of sp³-hybridized carbons (Fsp3) is 0.628. The van der Waals surface area contributed by atoms with E-state index in [1.54, 1.807) is 0 Å². The third-order valence-corrected chi connectivity index (χ3v) is 14.3. The fourth-order valence-corrected chi connectivity index (χ4v) is 9.06. The largest absolute Gasteiger partial charge is 0.545 e. The Balaban J connectivity index is 4.22. The number of carboxylic acids is 1. The van der Waals surface area contributed by atoms with Gasteiger partial charge in [0.2, 0.25) is 0 Å². The monoisotopic (exact) mass is 1210 g/mol. The Morgan fingerprint density at radius 2 is 0.632 bits per heavy atom. The molecule has 2 atom stereocenters. The van der Waals surface area contributed by atoms with Gasteiger partial charge in [0, 0.05) is 12.8 Å². The van der Waals surface area contributed by atoms with Crippen molar-refractivity contribution in [3.63, 3.8) is 0 Å². The third-order valence-electron chi connectivity index (χ3n) is 14.3. The molecule has 9 nitrogen and oxygen atoms in total. The number of carbonyl (C=O) groups is 3. The minimum Gasteiger partial charge on any atom is -0.545 e. The van der Waals surface area contributed by atoms with Gasteiger partial charge in [0.05, 0.1) is 40.3 Å². The van der Waals surface area contributed by atoms with E-state index < -0.39 is 24.3 Å². The first-order chi connectivity index (χ1) is 42.6. The van der Waals surface area contributed by atoms with Gasteiger partial charge < -0.3 is 33.3 Å². The highest BCUT2D eigenvalue weighted by Crippen LogP contribution is 2.16. The molecule has 9 heteroatoms. The zero-order valence-corrected chi connectivity index (χ0v) is 56.1. The number of nitrogens with zero attached hydrogens (tertiary/aromatic N) is 1. The molecule has 0 aliphatic carbocycles. The maximum Gasteiger partial charge on any atom is 0.306 e. The van der Waals surface area contributed by atoms with Gasteiger partial charge in [-0.3, -0.25) is 9.59 Å². The lowest BCUT2D eigenvalue weighted by Gasteiger charge is -2.26. The highest BCUT2D eigenvalue weighted by atomic mass is 16.7. The molecule has 87 heavy (non-hydrogen) atoms. The fourth-order valence-electron chi connectivity index (χ4n) is 9.06. The summed E-state index contributed by atoms with van der Waals surface area (Å²) in [5.41, 5.74) is 0. The van der Waals surface area contributed by atoms with Gasteiger partial charge in [0.15, 0.2) is 12.4 Å². The van der Waals surface area contributed by atoms with Crippen molar-refractivity contribution in [1.82, 2.24) is 0 Å². The minimum atomic E-state index is -1.65. The lowest BCUT2D eigenvalue weighted by molar-refractivity contribution is -0.870. The molecule has 0 spiro atoms. The van der Waals surface area contributed by atoms with E-state index in [-0.39, 0.29) is 38.6 Å². The zero-order valence-electron chi connectivity index (χ0n) is 56.1. The number of allylic oxidation sites excluding steroid dienone is 26. The van der Waals surface area contributed by atoms with Crippen molar-refractivity contribution < 1.29 is 42.9 Å². The Hall–Kier alpha value is -5.09. The summed E-state index contributed by atoms with van der Waals surface area (Å²) in [6, 6.07) is 0. The topological polar surface area (TPSA) is 111 Å². The lowest BCUT2D eigenvalue weighted by atomic mass is 10.0. The van der Waals surface area contributed by atoms with Gasteiger partial charge in [-0.2, -0.15) is 0 Å². The summed E-state index contributed by atoms with van der Waals surface area (Å²) in [5.74, 6) is -2.37. The summed E-state index contributed by atoms with van der Waals surface area (Å²) in [4.78, 5) is 37.5. The van der Waals surface area contributed by atoms with E-state index in [1.165, 1.54) is 116 Å². The minimum absolute atomic E-state index is 0.129. The summed E-state index contributed by atoms with van der Waals surface area (Å²) >= 11 is 0. The molecule has 0 aromatic carbocycles. The molecule has 0 heterocycles. The Morgan fingerprint density at radius 1 is 0.345 bits per heavy atom. The molecule has 0 N–H and O–H groups in total. The van der Waals surface area contributed by atoms with Crippen LogP contribution in [0.3, 0.4) is 0 Å². The summed E-state index contributed by atoms with van der Waals surface area (Å²) in [5, 5.41) is 11.8. The van der Waals surface area contributed by atoms with Gasteiger partial charge in [0.1, 0.15) is 13.2 Å². The number of unbranched alkanes of at least 4 members (excludes halogenated alkanes) is 21. The number of rotatable bonds is 62. The van der Waals surface area contributed by atoms with Crippen molar-refractivity contribution >= 4 is 17.9 Å². The predicted molar refractivity (Wildman–Crippen MR) is 370 cm³/mol. The molecule has 0 aromatic heterocycles. The number of carboxylic acid groups (broad SMARTS) is 1. The number of aliphatic carboxylic acids is 1. The number of hydrogen-bond donors (Lipinski definition) is 0. The zero-order chi connectivity index (χ0) is 63.3. The molecular formula is C78H127NO8. The normalized spacial score (nSPS) is 13.7. The van der Waals surface area contributed by atoms with Crippen LogP contribution in [0.1, 0.15) is 258 Å². The van der Waals surface area contributed by atoms with Gasteiger partial charge in [0.25, 0.3) is 0 Å². The highest BCUT2D eigenvalue weighted by Gasteiger charge is 2.22. The number of likely N-dealkylation sites (N-methyl/N-ethyl adjacent to an activating group) is 1. The predicted octanol–water partition coefficient (Wildman–Crippen LogP) is 20.4. The third kappa shape index (κ3) is 68.3. The SMILES string of the molecule is CC/C=C\C/C=C\C/C=C\C/C=C\C/C=C\C/C=C\C/C=C\C/C=C\C/C=C\CCCC(=O)OC(COC(=O)CCCCCCCCCCCCCCCCCCCCCC/C=C\C/C=C\C/C=C\C/C=C\CC)COC(OCC[N+](C)(C)C)C(=O)[O-]. The van der Waals surface area contributed by atoms with Crippen LogP contribution in [-0.4, -0.2) is 82.3 Å². The van der Waals surface area contributed by atoms with Gasteiger partial charge >= 0.3 is 11.9 Å². The average molecular weight is 1210 g/mol. The Morgan fingerprint density at radius 3 is 0.954 bits per heavy atom. The Bertz CT molecular complexity index is 1990. The first-order valence-electron chi connectivity index (χ1n) is 34.6. The quantitative estimate of drug-likeness (QED) is 0.0195. The molecule has 492 valence electrons. The number of quaternary nitrogens is 1. The highest BCUT2D eigenvalue weighted by molar-refractivity contribution is 5.70. The van der Waals surface area contributed by atoms with Crippen LogP contribution >= 0.6 is 0 Å². The van der Waals surface area contributed by atoms with E-state index >= 15 is 0 Å². The molecule has 0 rings (SSSR count). The maximum atomic E-state index is 12.9. The standard InChI is InChI=1S/C78H127NO8/c1-6-8-10-12-14-16-18-20-22-24-26-28-30-32-34-36-37-38-39-41-42-44-46-48-50-52-54-56-58-60-62-64-66-68-75(80)85-72-74(73-86-78(77(82)83)84-71-70-79(3,4)5)87-76(81)69-67-65-63-61-59-57-55-53-51-49-47-45-43-40-35-33-31-29-27-25-23-21-19-17-15-13-11-9-7-2/h8-11,14-17,20-23,26-29,33,35,43,45,49,51,55,57,61,63,74,78H,6-7,12-13,18-19,24-25,30-32,34,36-42,44,46-48,50,52-54,56,58-60,62,64-73H2,1-5H3/b10-8-,11-9-,16-14-,17-15-,22-20-,23-21-,28-26-,29-27-,35-33-,45-43-,51-49-,57-55-,63-61-. The lowest BCUT2D eigenvalue weighted by Crippen LogP contribution is -2.44. The van der Waals surface area contributed by atoms with E-state index in [9.17, 15) is 19.5 Å². The molecule has 0 aliphatic heterocycles. The second-order valence-electron chi connectivity index (χ2n) is 23.7. The number of ether oxygens (including phenoxy) is 4. The van der Waals surface area contributed by atoms with Gasteiger partial charge in [-0.05, 0) is 116 Å². The van der Waals surface area contributed by atoms with Crippen molar-refractivity contribution in [1.29, 1.82) is 0 Å². The van der Waals surface area contributed by atoms with Crippen LogP contribution in [0.2, 0.25) is 0 Å². The van der Waals surface area contributed by atoms with Crippen molar-refractivity contribution in [3.05, 3.63) is 158 Å². The summed E-state index contributed by atoms with van der Waals surface area (Å²) in [6.07, 6.45) is 96.2. The molecule has 0 saturated heterocycles. The average Bonchev–Trinajstić information content (AvgIpc) is 3.57. The van der Waals surface area contributed by atoms with E-state index in [1.807, 2.05) is 21.1 Å². The van der Waals surface area contributed by atoms with Crippen LogP contribution in [0, 0.1) is 0 Å². The molecule has 0 aromatic rings. The second kappa shape index (κ2) is 66.9. The molecule has 0 fully saturated rings. The second-order valence-corrected chi connectivity index (χ2v) is 23.7. The molecule has 2 unspecified atom stereocenters. The van der Waals surface area contributed by atoms with E-state index in [4.69, 9.17) is 18.9 Å². The van der Waals surface area contributed by atoms with Crippen LogP contribution in [0.5, 0.6) is 0 Å². The van der Waals surface area contributed by atoms with Crippen LogP contribution in [0.4, 0.5) is 0 Å². The number of carbonyl (C=O) groups excluding carboxylic acids is 3. The van der Waals surface area contributed by atoms with Gasteiger partial charge in [-0.25, -0.2) is 0 Å². The summed E-state index contributed by atoms with van der Waals surface area (Å²) in [7, 11) is 5.90. The van der Waals surface area contributed by atoms with Crippen LogP contribution in [0.25, 0.3) is 0 Å². The van der Waals surface area contributed by atoms with Crippen LogP contribution in [-0.2, 0) is 33.3 Å². The maximum absolute atomic E-state index is 12.9. The molecule has 0 radical (unpaired) electrons. The van der Waals surface area contributed by atoms with Crippen molar-refractivity contribution in [3.8, 4) is 0 Å². The Labute approximate surface area is 534 Å². The molecular weight excluding hydrogens is 1080 g/mol. The number of hydrogen-bond acceptors (Lipinski definition) is 8. The van der Waals surface area contributed by atoms with Crippen LogP contribution in [0.15, 0.2) is 158 Å². The van der Waals surface area contributed by atoms with Gasteiger partial charge in [-0.15, -0.1) is 0 Å². The van der Waals surface area contributed by atoms with Crippen molar-refractivity contribution in [2.75, 3.05) is 47.5 Å². The van der Waals surface area contributed by atoms with E-state index in [0.717, 1.165) is 103 Å². The van der Waals surface area contributed by atoms with E-state index in [2.05, 4.69) is 172 Å². The molecule has 0 amide bonds. The Kier molecular flexibility index (Phi) is 62.9.